The van der Waals surface area contributed by atoms with Crippen molar-refractivity contribution in [2.45, 2.75) is 52.1 Å². The molecule has 2 N–H and O–H groups in total. The summed E-state index contributed by atoms with van der Waals surface area (Å²) in [4.78, 5) is 0. The van der Waals surface area contributed by atoms with Crippen LogP contribution in [0.5, 0.6) is 11.5 Å². The van der Waals surface area contributed by atoms with Crippen LogP contribution in [-0.2, 0) is 6.54 Å². The van der Waals surface area contributed by atoms with Gasteiger partial charge in [-0.2, -0.15) is 0 Å². The first-order valence-electron chi connectivity index (χ1n) is 7.12. The highest BCUT2D eigenvalue weighted by molar-refractivity contribution is 5.41. The second-order valence-electron chi connectivity index (χ2n) is 6.17. The van der Waals surface area contributed by atoms with E-state index < -0.39 is 0 Å². The Bertz CT molecular complexity index is 429. The van der Waals surface area contributed by atoms with Crippen molar-refractivity contribution in [1.29, 1.82) is 0 Å². The molecule has 1 aliphatic rings. The zero-order valence-electron chi connectivity index (χ0n) is 12.2. The molecule has 1 aromatic carbocycles. The van der Waals surface area contributed by atoms with Gasteiger partial charge >= 0.3 is 0 Å². The lowest BCUT2D eigenvalue weighted by Gasteiger charge is -2.39. The fourth-order valence-corrected chi connectivity index (χ4v) is 2.95. The Morgan fingerprint density at radius 3 is 2.84 bits per heavy atom. The summed E-state index contributed by atoms with van der Waals surface area (Å²) in [6.45, 7) is 5.52. The van der Waals surface area contributed by atoms with Gasteiger partial charge in [-0.05, 0) is 36.0 Å². The van der Waals surface area contributed by atoms with E-state index in [4.69, 9.17) is 4.74 Å². The lowest BCUT2D eigenvalue weighted by molar-refractivity contribution is 0.166. The van der Waals surface area contributed by atoms with Crippen molar-refractivity contribution in [3.05, 3.63) is 23.8 Å². The second kappa shape index (κ2) is 5.83. The van der Waals surface area contributed by atoms with Crippen molar-refractivity contribution in [3.63, 3.8) is 0 Å². The number of benzene rings is 1. The van der Waals surface area contributed by atoms with Gasteiger partial charge in [0.2, 0.25) is 0 Å². The van der Waals surface area contributed by atoms with Gasteiger partial charge in [0.05, 0.1) is 7.11 Å². The average Bonchev–Trinajstić information content (AvgIpc) is 2.38. The minimum atomic E-state index is 0.198. The number of rotatable bonds is 4. The predicted octanol–water partition coefficient (Wildman–Crippen LogP) is 3.46. The quantitative estimate of drug-likeness (QED) is 0.874. The molecule has 1 aromatic rings. The Kier molecular flexibility index (Phi) is 4.35. The highest BCUT2D eigenvalue weighted by Gasteiger charge is 2.31. The molecule has 0 heterocycles. The van der Waals surface area contributed by atoms with Gasteiger partial charge in [0.25, 0.3) is 0 Å². The number of phenols is 1. The summed E-state index contributed by atoms with van der Waals surface area (Å²) in [5.74, 6) is 0.742. The van der Waals surface area contributed by atoms with Gasteiger partial charge in [-0.3, -0.25) is 0 Å². The molecule has 3 heteroatoms. The van der Waals surface area contributed by atoms with Gasteiger partial charge in [0.15, 0.2) is 11.5 Å². The lowest BCUT2D eigenvalue weighted by atomic mass is 9.73. The molecule has 1 unspecified atom stereocenters. The van der Waals surface area contributed by atoms with Crippen LogP contribution in [0.2, 0.25) is 0 Å². The van der Waals surface area contributed by atoms with Gasteiger partial charge in [0, 0.05) is 12.6 Å². The first-order valence-corrected chi connectivity index (χ1v) is 7.12. The molecule has 0 aliphatic heterocycles. The maximum Gasteiger partial charge on any atom is 0.160 e. The number of methoxy groups -OCH3 is 1. The zero-order chi connectivity index (χ0) is 13.9. The van der Waals surface area contributed by atoms with E-state index in [1.165, 1.54) is 25.7 Å². The van der Waals surface area contributed by atoms with Gasteiger partial charge < -0.3 is 15.2 Å². The molecule has 0 saturated heterocycles. The summed E-state index contributed by atoms with van der Waals surface area (Å²) in [6, 6.07) is 6.11. The van der Waals surface area contributed by atoms with E-state index in [1.54, 1.807) is 13.2 Å². The molecule has 0 amide bonds. The number of hydrogen-bond acceptors (Lipinski definition) is 3. The summed E-state index contributed by atoms with van der Waals surface area (Å²) in [5.41, 5.74) is 1.52. The molecular weight excluding hydrogens is 238 g/mol. The molecule has 0 bridgehead atoms. The fourth-order valence-electron chi connectivity index (χ4n) is 2.95. The van der Waals surface area contributed by atoms with E-state index in [9.17, 15) is 5.11 Å². The first kappa shape index (κ1) is 14.2. The molecule has 3 nitrogen and oxygen atoms in total. The van der Waals surface area contributed by atoms with Crippen molar-refractivity contribution in [3.8, 4) is 11.5 Å². The standard InChI is InChI=1S/C16H25NO2/c1-16(2)9-5-4-6-15(16)17-11-12-7-8-13(18)14(10-12)19-3/h7-8,10,15,17-18H,4-6,9,11H2,1-3H3. The first-order chi connectivity index (χ1) is 9.03. The van der Waals surface area contributed by atoms with Gasteiger partial charge in [-0.1, -0.05) is 32.8 Å². The molecule has 1 fully saturated rings. The molecule has 1 aliphatic carbocycles. The molecule has 106 valence electrons. The minimum absolute atomic E-state index is 0.198. The fraction of sp³-hybridized carbons (Fsp3) is 0.625. The Morgan fingerprint density at radius 2 is 2.16 bits per heavy atom. The summed E-state index contributed by atoms with van der Waals surface area (Å²) in [7, 11) is 1.58. The smallest absolute Gasteiger partial charge is 0.160 e. The molecular formula is C16H25NO2. The van der Waals surface area contributed by atoms with Crippen LogP contribution < -0.4 is 10.1 Å². The maximum absolute atomic E-state index is 9.59. The van der Waals surface area contributed by atoms with Gasteiger partial charge in [-0.25, -0.2) is 0 Å². The van der Waals surface area contributed by atoms with Crippen LogP contribution in [0.15, 0.2) is 18.2 Å². The number of ether oxygens (including phenoxy) is 1. The van der Waals surface area contributed by atoms with E-state index in [1.807, 2.05) is 12.1 Å². The van der Waals surface area contributed by atoms with Crippen molar-refractivity contribution in [2.24, 2.45) is 5.41 Å². The highest BCUT2D eigenvalue weighted by Crippen LogP contribution is 2.35. The van der Waals surface area contributed by atoms with Gasteiger partial charge in [-0.15, -0.1) is 0 Å². The minimum Gasteiger partial charge on any atom is -0.504 e. The summed E-state index contributed by atoms with van der Waals surface area (Å²) in [6.07, 6.45) is 5.21. The van der Waals surface area contributed by atoms with Crippen LogP contribution in [0.1, 0.15) is 45.1 Å². The zero-order valence-corrected chi connectivity index (χ0v) is 12.2. The molecule has 1 atom stereocenters. The maximum atomic E-state index is 9.59. The predicted molar refractivity (Wildman–Crippen MR) is 77.5 cm³/mol. The van der Waals surface area contributed by atoms with Crippen molar-refractivity contribution in [2.75, 3.05) is 7.11 Å². The normalized spacial score (nSPS) is 22.2. The van der Waals surface area contributed by atoms with Crippen molar-refractivity contribution in [1.82, 2.24) is 5.32 Å². The molecule has 19 heavy (non-hydrogen) atoms. The number of phenolic OH excluding ortho intramolecular Hbond substituents is 1. The third-order valence-electron chi connectivity index (χ3n) is 4.30. The van der Waals surface area contributed by atoms with Crippen LogP contribution in [-0.4, -0.2) is 18.3 Å². The van der Waals surface area contributed by atoms with Crippen LogP contribution in [0.25, 0.3) is 0 Å². The second-order valence-corrected chi connectivity index (χ2v) is 6.17. The van der Waals surface area contributed by atoms with Crippen LogP contribution in [0, 0.1) is 5.41 Å². The summed E-state index contributed by atoms with van der Waals surface area (Å²) in [5, 5.41) is 13.3. The van der Waals surface area contributed by atoms with Crippen LogP contribution in [0.4, 0.5) is 0 Å². The Labute approximate surface area is 116 Å². The molecule has 0 aromatic heterocycles. The number of aromatic hydroxyl groups is 1. The third kappa shape index (κ3) is 3.41. The van der Waals surface area contributed by atoms with Crippen LogP contribution in [0.3, 0.4) is 0 Å². The molecule has 0 radical (unpaired) electrons. The summed E-state index contributed by atoms with van der Waals surface area (Å²) < 4.78 is 5.14. The van der Waals surface area contributed by atoms with E-state index in [0.29, 0.717) is 17.2 Å². The monoisotopic (exact) mass is 263 g/mol. The van der Waals surface area contributed by atoms with E-state index in [2.05, 4.69) is 19.2 Å². The summed E-state index contributed by atoms with van der Waals surface area (Å²) >= 11 is 0. The SMILES string of the molecule is COc1cc(CNC2CCCCC2(C)C)ccc1O. The van der Waals surface area contributed by atoms with Crippen molar-refractivity contribution >= 4 is 0 Å². The van der Waals surface area contributed by atoms with Crippen LogP contribution >= 0.6 is 0 Å². The lowest BCUT2D eigenvalue weighted by Crippen LogP contribution is -2.43. The van der Waals surface area contributed by atoms with Gasteiger partial charge in [0.1, 0.15) is 0 Å². The topological polar surface area (TPSA) is 41.5 Å². The van der Waals surface area contributed by atoms with E-state index in [-0.39, 0.29) is 5.75 Å². The number of hydrogen-bond donors (Lipinski definition) is 2. The average molecular weight is 263 g/mol. The highest BCUT2D eigenvalue weighted by atomic mass is 16.5. The van der Waals surface area contributed by atoms with Crippen molar-refractivity contribution < 1.29 is 9.84 Å². The largest absolute Gasteiger partial charge is 0.504 e. The number of nitrogens with one attached hydrogen (secondary N) is 1. The third-order valence-corrected chi connectivity index (χ3v) is 4.30. The Morgan fingerprint density at radius 1 is 1.37 bits per heavy atom. The van der Waals surface area contributed by atoms with E-state index >= 15 is 0 Å². The molecule has 0 spiro atoms. The Hall–Kier alpha value is -1.22. The molecule has 1 saturated carbocycles. The Balaban J connectivity index is 1.98. The van der Waals surface area contributed by atoms with E-state index in [0.717, 1.165) is 12.1 Å². The molecule has 2 rings (SSSR count).